The van der Waals surface area contributed by atoms with E-state index in [-0.39, 0.29) is 24.2 Å². The van der Waals surface area contributed by atoms with Crippen molar-refractivity contribution in [2.24, 2.45) is 0 Å². The lowest BCUT2D eigenvalue weighted by atomic mass is 9.92. The van der Waals surface area contributed by atoms with Gasteiger partial charge in [0.05, 0.1) is 11.6 Å². The Balaban J connectivity index is 1.27. The van der Waals surface area contributed by atoms with Gasteiger partial charge in [-0.05, 0) is 69.2 Å². The number of nitrogens with zero attached hydrogens (tertiary/aromatic N) is 1. The number of aromatic nitrogens is 1. The van der Waals surface area contributed by atoms with E-state index in [1.807, 2.05) is 18.2 Å². The molecule has 1 amide bonds. The van der Waals surface area contributed by atoms with Gasteiger partial charge in [0.2, 0.25) is 5.91 Å². The molecule has 5 heteroatoms. The first-order chi connectivity index (χ1) is 12.8. The zero-order chi connectivity index (χ0) is 17.8. The van der Waals surface area contributed by atoms with E-state index >= 15 is 0 Å². The number of rotatable bonds is 4. The van der Waals surface area contributed by atoms with Crippen LogP contribution >= 0.6 is 0 Å². The minimum Gasteiger partial charge on any atom is -0.490 e. The molecular formula is C21H26N2O3. The van der Waals surface area contributed by atoms with E-state index in [2.05, 4.69) is 22.4 Å². The molecule has 1 unspecified atom stereocenters. The smallest absolute Gasteiger partial charge is 0.249 e. The molecule has 1 atom stereocenters. The molecule has 1 aromatic heterocycles. The van der Waals surface area contributed by atoms with Crippen molar-refractivity contribution < 1.29 is 14.3 Å². The summed E-state index contributed by atoms with van der Waals surface area (Å²) in [5.74, 6) is 0.963. The number of pyridine rings is 1. The van der Waals surface area contributed by atoms with Gasteiger partial charge in [-0.3, -0.25) is 9.78 Å². The first-order valence-electron chi connectivity index (χ1n) is 9.71. The van der Waals surface area contributed by atoms with Gasteiger partial charge in [0, 0.05) is 24.2 Å². The standard InChI is InChI=1S/C21H26N2O3/c24-21(20-5-1-2-13-25-20)23-16-6-8-17(9-7-16)26-18-10-11-19-15(14-18)4-3-12-22-19/h3-4,10-12,14,16-17,20H,1-2,5-9,13H2,(H,23,24). The molecule has 2 heterocycles. The molecule has 2 aliphatic rings. The van der Waals surface area contributed by atoms with E-state index in [0.29, 0.717) is 6.61 Å². The van der Waals surface area contributed by atoms with Crippen molar-refractivity contribution in [2.75, 3.05) is 6.61 Å². The highest BCUT2D eigenvalue weighted by atomic mass is 16.5. The number of hydrogen-bond donors (Lipinski definition) is 1. The van der Waals surface area contributed by atoms with E-state index in [1.165, 1.54) is 0 Å². The van der Waals surface area contributed by atoms with E-state index in [0.717, 1.165) is 61.6 Å². The van der Waals surface area contributed by atoms with Crippen molar-refractivity contribution in [3.05, 3.63) is 36.5 Å². The summed E-state index contributed by atoms with van der Waals surface area (Å²) < 4.78 is 11.7. The maximum Gasteiger partial charge on any atom is 0.249 e. The first kappa shape index (κ1) is 17.3. The Bertz CT molecular complexity index is 750. The summed E-state index contributed by atoms with van der Waals surface area (Å²) in [5, 5.41) is 4.27. The quantitative estimate of drug-likeness (QED) is 0.911. The molecule has 1 aliphatic carbocycles. The zero-order valence-corrected chi connectivity index (χ0v) is 15.0. The Morgan fingerprint density at radius 1 is 1.12 bits per heavy atom. The number of benzene rings is 1. The monoisotopic (exact) mass is 354 g/mol. The zero-order valence-electron chi connectivity index (χ0n) is 15.0. The molecule has 2 fully saturated rings. The van der Waals surface area contributed by atoms with E-state index in [4.69, 9.17) is 9.47 Å². The van der Waals surface area contributed by atoms with Crippen LogP contribution in [-0.2, 0) is 9.53 Å². The van der Waals surface area contributed by atoms with Crippen molar-refractivity contribution in [2.45, 2.75) is 63.2 Å². The van der Waals surface area contributed by atoms with Crippen molar-refractivity contribution in [1.29, 1.82) is 0 Å². The van der Waals surface area contributed by atoms with Crippen LogP contribution in [0.15, 0.2) is 36.5 Å². The third kappa shape index (κ3) is 4.15. The van der Waals surface area contributed by atoms with Crippen molar-refractivity contribution in [3.63, 3.8) is 0 Å². The summed E-state index contributed by atoms with van der Waals surface area (Å²) in [6, 6.07) is 10.3. The second kappa shape index (κ2) is 8.04. The Morgan fingerprint density at radius 3 is 2.81 bits per heavy atom. The number of ether oxygens (including phenoxy) is 2. The van der Waals surface area contributed by atoms with Gasteiger partial charge in [-0.1, -0.05) is 6.07 Å². The highest BCUT2D eigenvalue weighted by Gasteiger charge is 2.27. The average Bonchev–Trinajstić information content (AvgIpc) is 2.70. The highest BCUT2D eigenvalue weighted by Crippen LogP contribution is 2.26. The fraction of sp³-hybridized carbons (Fsp3) is 0.524. The Hall–Kier alpha value is -2.14. The molecule has 0 bridgehead atoms. The maximum atomic E-state index is 12.3. The van der Waals surface area contributed by atoms with Gasteiger partial charge < -0.3 is 14.8 Å². The third-order valence-electron chi connectivity index (χ3n) is 5.37. The summed E-state index contributed by atoms with van der Waals surface area (Å²) >= 11 is 0. The topological polar surface area (TPSA) is 60.5 Å². The molecule has 138 valence electrons. The van der Waals surface area contributed by atoms with E-state index in [1.54, 1.807) is 6.20 Å². The molecule has 1 aliphatic heterocycles. The van der Waals surface area contributed by atoms with Crippen LogP contribution in [0.25, 0.3) is 10.9 Å². The molecule has 1 saturated carbocycles. The van der Waals surface area contributed by atoms with E-state index in [9.17, 15) is 4.79 Å². The summed E-state index contributed by atoms with van der Waals surface area (Å²) in [6.45, 7) is 0.708. The Morgan fingerprint density at radius 2 is 2.00 bits per heavy atom. The van der Waals surface area contributed by atoms with Crippen LogP contribution in [0.4, 0.5) is 0 Å². The van der Waals surface area contributed by atoms with Crippen LogP contribution < -0.4 is 10.1 Å². The predicted octanol–water partition coefficient (Wildman–Crippen LogP) is 3.61. The molecule has 5 nitrogen and oxygen atoms in total. The first-order valence-corrected chi connectivity index (χ1v) is 9.71. The van der Waals surface area contributed by atoms with Crippen LogP contribution in [0, 0.1) is 0 Å². The molecule has 4 rings (SSSR count). The lowest BCUT2D eigenvalue weighted by Crippen LogP contribution is -2.45. The highest BCUT2D eigenvalue weighted by molar-refractivity contribution is 5.81. The van der Waals surface area contributed by atoms with Crippen molar-refractivity contribution in [1.82, 2.24) is 10.3 Å². The fourth-order valence-corrected chi connectivity index (χ4v) is 3.89. The third-order valence-corrected chi connectivity index (χ3v) is 5.37. The summed E-state index contributed by atoms with van der Waals surface area (Å²) in [6.07, 6.45) is 8.60. The SMILES string of the molecule is O=C(NC1CCC(Oc2ccc3ncccc3c2)CC1)C1CCCCO1. The van der Waals surface area contributed by atoms with E-state index < -0.39 is 0 Å². The second-order valence-corrected chi connectivity index (χ2v) is 7.31. The molecule has 0 spiro atoms. The summed E-state index contributed by atoms with van der Waals surface area (Å²) in [7, 11) is 0. The largest absolute Gasteiger partial charge is 0.490 e. The second-order valence-electron chi connectivity index (χ2n) is 7.31. The van der Waals surface area contributed by atoms with Gasteiger partial charge in [-0.25, -0.2) is 0 Å². The van der Waals surface area contributed by atoms with Gasteiger partial charge in [0.1, 0.15) is 11.9 Å². The molecule has 2 aromatic rings. The van der Waals surface area contributed by atoms with Gasteiger partial charge in [0.25, 0.3) is 0 Å². The van der Waals surface area contributed by atoms with Crippen LogP contribution in [0.2, 0.25) is 0 Å². The summed E-state index contributed by atoms with van der Waals surface area (Å²) in [4.78, 5) is 16.6. The van der Waals surface area contributed by atoms with Gasteiger partial charge in [-0.15, -0.1) is 0 Å². The number of carbonyl (C=O) groups is 1. The van der Waals surface area contributed by atoms with Gasteiger partial charge >= 0.3 is 0 Å². The maximum absolute atomic E-state index is 12.3. The number of carbonyl (C=O) groups excluding carboxylic acids is 1. The molecule has 1 N–H and O–H groups in total. The molecular weight excluding hydrogens is 328 g/mol. The number of fused-ring (bicyclic) bond motifs is 1. The average molecular weight is 354 g/mol. The fourth-order valence-electron chi connectivity index (χ4n) is 3.89. The van der Waals surface area contributed by atoms with Crippen LogP contribution in [-0.4, -0.2) is 35.7 Å². The normalized spacial score (nSPS) is 26.4. The Kier molecular flexibility index (Phi) is 5.34. The van der Waals surface area contributed by atoms with Crippen LogP contribution in [0.1, 0.15) is 44.9 Å². The lowest BCUT2D eigenvalue weighted by Gasteiger charge is -2.31. The van der Waals surface area contributed by atoms with Gasteiger partial charge in [0.15, 0.2) is 0 Å². The van der Waals surface area contributed by atoms with Crippen LogP contribution in [0.3, 0.4) is 0 Å². The molecule has 26 heavy (non-hydrogen) atoms. The predicted molar refractivity (Wildman–Crippen MR) is 100 cm³/mol. The molecule has 1 aromatic carbocycles. The van der Waals surface area contributed by atoms with Gasteiger partial charge in [-0.2, -0.15) is 0 Å². The minimum absolute atomic E-state index is 0.0658. The van der Waals surface area contributed by atoms with Crippen molar-refractivity contribution >= 4 is 16.8 Å². The van der Waals surface area contributed by atoms with Crippen molar-refractivity contribution in [3.8, 4) is 5.75 Å². The number of hydrogen-bond acceptors (Lipinski definition) is 4. The Labute approximate surface area is 154 Å². The van der Waals surface area contributed by atoms with Crippen LogP contribution in [0.5, 0.6) is 5.75 Å². The number of nitrogens with one attached hydrogen (secondary N) is 1. The summed E-state index contributed by atoms with van der Waals surface area (Å²) in [5.41, 5.74) is 0.983. The lowest BCUT2D eigenvalue weighted by molar-refractivity contribution is -0.136. The number of amides is 1. The molecule has 1 saturated heterocycles. The molecule has 0 radical (unpaired) electrons. The minimum atomic E-state index is -0.246.